The molecule has 0 aliphatic carbocycles. The van der Waals surface area contributed by atoms with E-state index in [4.69, 9.17) is 4.74 Å². The van der Waals surface area contributed by atoms with Gasteiger partial charge in [-0.2, -0.15) is 5.26 Å². The molecule has 1 aliphatic rings. The molecule has 10 heteroatoms. The maximum absolute atomic E-state index is 12.7. The van der Waals surface area contributed by atoms with Crippen LogP contribution in [0.3, 0.4) is 0 Å². The van der Waals surface area contributed by atoms with Crippen LogP contribution in [-0.2, 0) is 11.8 Å². The molecule has 1 aromatic carbocycles. The van der Waals surface area contributed by atoms with Gasteiger partial charge in [-0.1, -0.05) is 42.1 Å². The second kappa shape index (κ2) is 8.97. The minimum absolute atomic E-state index is 0.0340. The van der Waals surface area contributed by atoms with Crippen molar-refractivity contribution in [2.45, 2.75) is 11.3 Å². The van der Waals surface area contributed by atoms with E-state index >= 15 is 0 Å². The SMILES string of the molecule is Cn1c(=O)c(C#N)c(-c2ccccc2)n2c(SCC(O)CN3CCOCC3)nnc12. The molecule has 3 heterocycles. The first-order valence-corrected chi connectivity index (χ1v) is 10.6. The second-order valence-corrected chi connectivity index (χ2v) is 8.05. The zero-order valence-corrected chi connectivity index (χ0v) is 17.4. The highest BCUT2D eigenvalue weighted by molar-refractivity contribution is 7.99. The third kappa shape index (κ3) is 3.97. The monoisotopic (exact) mass is 426 g/mol. The van der Waals surface area contributed by atoms with Gasteiger partial charge in [0, 0.05) is 38.0 Å². The Morgan fingerprint density at radius 1 is 1.27 bits per heavy atom. The molecule has 0 spiro atoms. The van der Waals surface area contributed by atoms with Crippen LogP contribution in [0, 0.1) is 11.3 Å². The molecule has 1 atom stereocenters. The van der Waals surface area contributed by atoms with Gasteiger partial charge in [0.15, 0.2) is 5.16 Å². The molecule has 3 aromatic rings. The van der Waals surface area contributed by atoms with Crippen molar-refractivity contribution in [2.24, 2.45) is 7.05 Å². The predicted octanol–water partition coefficient (Wildman–Crippen LogP) is 0.752. The largest absolute Gasteiger partial charge is 0.391 e. The fourth-order valence-corrected chi connectivity index (χ4v) is 4.36. The van der Waals surface area contributed by atoms with Crippen molar-refractivity contribution >= 4 is 17.5 Å². The molecule has 0 radical (unpaired) electrons. The predicted molar refractivity (Wildman–Crippen MR) is 112 cm³/mol. The van der Waals surface area contributed by atoms with E-state index < -0.39 is 11.7 Å². The Morgan fingerprint density at radius 3 is 2.70 bits per heavy atom. The van der Waals surface area contributed by atoms with E-state index in [0.717, 1.165) is 18.7 Å². The van der Waals surface area contributed by atoms with Crippen LogP contribution in [0.15, 0.2) is 40.3 Å². The highest BCUT2D eigenvalue weighted by Crippen LogP contribution is 2.27. The Balaban J connectivity index is 1.68. The van der Waals surface area contributed by atoms with Crippen LogP contribution in [0.25, 0.3) is 17.0 Å². The van der Waals surface area contributed by atoms with Crippen molar-refractivity contribution in [1.82, 2.24) is 24.1 Å². The maximum atomic E-state index is 12.7. The molecule has 1 unspecified atom stereocenters. The number of aliphatic hydroxyl groups is 1. The molecule has 1 aliphatic heterocycles. The highest BCUT2D eigenvalue weighted by Gasteiger charge is 2.22. The number of aryl methyl sites for hydroxylation is 1. The average molecular weight is 427 g/mol. The molecule has 1 fully saturated rings. The summed E-state index contributed by atoms with van der Waals surface area (Å²) in [6.45, 7) is 3.53. The lowest BCUT2D eigenvalue weighted by Gasteiger charge is -2.28. The summed E-state index contributed by atoms with van der Waals surface area (Å²) in [5.74, 6) is 0.764. The third-order valence-corrected chi connectivity index (χ3v) is 6.11. The van der Waals surface area contributed by atoms with Crippen molar-refractivity contribution in [3.63, 3.8) is 0 Å². The van der Waals surface area contributed by atoms with Gasteiger partial charge in [-0.25, -0.2) is 0 Å². The Morgan fingerprint density at radius 2 is 2.00 bits per heavy atom. The smallest absolute Gasteiger partial charge is 0.273 e. The summed E-state index contributed by atoms with van der Waals surface area (Å²) in [7, 11) is 1.57. The molecule has 156 valence electrons. The Hall–Kier alpha value is -2.71. The van der Waals surface area contributed by atoms with Gasteiger partial charge in [-0.05, 0) is 0 Å². The number of aromatic nitrogens is 4. The van der Waals surface area contributed by atoms with Crippen LogP contribution in [0.2, 0.25) is 0 Å². The van der Waals surface area contributed by atoms with Crippen molar-refractivity contribution < 1.29 is 9.84 Å². The summed E-state index contributed by atoms with van der Waals surface area (Å²) < 4.78 is 8.39. The summed E-state index contributed by atoms with van der Waals surface area (Å²) in [4.78, 5) is 14.9. The molecule has 30 heavy (non-hydrogen) atoms. The normalized spacial score (nSPS) is 15.9. The van der Waals surface area contributed by atoms with E-state index in [9.17, 15) is 15.2 Å². The van der Waals surface area contributed by atoms with Crippen LogP contribution in [0.1, 0.15) is 5.56 Å². The third-order valence-electron chi connectivity index (χ3n) is 5.03. The van der Waals surface area contributed by atoms with Gasteiger partial charge in [0.1, 0.15) is 11.6 Å². The fraction of sp³-hybridized carbons (Fsp3) is 0.400. The number of benzene rings is 1. The van der Waals surface area contributed by atoms with Crippen LogP contribution in [0.5, 0.6) is 0 Å². The van der Waals surface area contributed by atoms with Gasteiger partial charge in [0.2, 0.25) is 5.78 Å². The first-order valence-electron chi connectivity index (χ1n) is 9.64. The number of aliphatic hydroxyl groups excluding tert-OH is 1. The number of hydrogen-bond donors (Lipinski definition) is 1. The molecule has 2 aromatic heterocycles. The molecule has 4 rings (SSSR count). The quantitative estimate of drug-likeness (QED) is 0.576. The zero-order valence-electron chi connectivity index (χ0n) is 16.6. The minimum atomic E-state index is -0.552. The molecule has 9 nitrogen and oxygen atoms in total. The number of nitrogens with zero attached hydrogens (tertiary/aromatic N) is 6. The Kier molecular flexibility index (Phi) is 6.15. The second-order valence-electron chi connectivity index (χ2n) is 7.06. The van der Waals surface area contributed by atoms with E-state index in [1.165, 1.54) is 16.3 Å². The maximum Gasteiger partial charge on any atom is 0.273 e. The standard InChI is InChI=1S/C20H22N6O3S/c1-24-18(28)16(11-21)17(14-5-3-2-4-6-14)26-19(24)22-23-20(26)30-13-15(27)12-25-7-9-29-10-8-25/h2-6,15,27H,7-10,12-13H2,1H3. The number of nitriles is 1. The Bertz CT molecular complexity index is 1130. The fourth-order valence-electron chi connectivity index (χ4n) is 3.52. The summed E-state index contributed by atoms with van der Waals surface area (Å²) in [5, 5.41) is 29.1. The van der Waals surface area contributed by atoms with E-state index in [-0.39, 0.29) is 5.56 Å². The summed E-state index contributed by atoms with van der Waals surface area (Å²) >= 11 is 1.35. The molecule has 0 amide bonds. The summed E-state index contributed by atoms with van der Waals surface area (Å²) in [5.41, 5.74) is 0.811. The highest BCUT2D eigenvalue weighted by atomic mass is 32.2. The topological polar surface area (TPSA) is 109 Å². The van der Waals surface area contributed by atoms with Crippen molar-refractivity contribution in [2.75, 3.05) is 38.6 Å². The summed E-state index contributed by atoms with van der Waals surface area (Å²) in [6.07, 6.45) is -0.552. The minimum Gasteiger partial charge on any atom is -0.391 e. The lowest BCUT2D eigenvalue weighted by atomic mass is 10.1. The molecular weight excluding hydrogens is 404 g/mol. The van der Waals surface area contributed by atoms with Gasteiger partial charge in [0.05, 0.1) is 25.0 Å². The van der Waals surface area contributed by atoms with Gasteiger partial charge < -0.3 is 9.84 Å². The number of thioether (sulfide) groups is 1. The lowest BCUT2D eigenvalue weighted by Crippen LogP contribution is -2.41. The van der Waals surface area contributed by atoms with Gasteiger partial charge in [0.25, 0.3) is 5.56 Å². The van der Waals surface area contributed by atoms with Gasteiger partial charge in [-0.3, -0.25) is 18.7 Å². The van der Waals surface area contributed by atoms with Gasteiger partial charge >= 0.3 is 0 Å². The van der Waals surface area contributed by atoms with E-state index in [2.05, 4.69) is 15.1 Å². The molecule has 1 N–H and O–H groups in total. The van der Waals surface area contributed by atoms with Crippen molar-refractivity contribution in [3.05, 3.63) is 46.2 Å². The molecular formula is C20H22N6O3S. The zero-order chi connectivity index (χ0) is 21.1. The Labute approximate surface area is 177 Å². The van der Waals surface area contributed by atoms with Crippen LogP contribution >= 0.6 is 11.8 Å². The van der Waals surface area contributed by atoms with Crippen LogP contribution in [0.4, 0.5) is 0 Å². The van der Waals surface area contributed by atoms with E-state index in [1.54, 1.807) is 11.4 Å². The van der Waals surface area contributed by atoms with Gasteiger partial charge in [-0.15, -0.1) is 10.2 Å². The number of fused-ring (bicyclic) bond motifs is 1. The molecule has 0 saturated carbocycles. The first-order chi connectivity index (χ1) is 14.6. The number of hydrogen-bond acceptors (Lipinski definition) is 8. The van der Waals surface area contributed by atoms with Crippen LogP contribution in [-0.4, -0.2) is 73.9 Å². The molecule has 0 bridgehead atoms. The lowest BCUT2D eigenvalue weighted by molar-refractivity contribution is 0.0188. The first kappa shape index (κ1) is 20.6. The number of ether oxygens (including phenoxy) is 1. The molecule has 1 saturated heterocycles. The average Bonchev–Trinajstić information content (AvgIpc) is 3.19. The van der Waals surface area contributed by atoms with E-state index in [1.807, 2.05) is 36.4 Å². The number of rotatable bonds is 6. The van der Waals surface area contributed by atoms with Crippen molar-refractivity contribution in [1.29, 1.82) is 5.26 Å². The number of morpholine rings is 1. The summed E-state index contributed by atoms with van der Waals surface area (Å²) in [6, 6.07) is 11.3. The van der Waals surface area contributed by atoms with Crippen molar-refractivity contribution in [3.8, 4) is 17.3 Å². The number of β-amino-alcohol motifs (C(OH)–C–C–N with tert-alkyl or cyclic N) is 1. The van der Waals surface area contributed by atoms with E-state index in [0.29, 0.717) is 42.1 Å². The van der Waals surface area contributed by atoms with Crippen LogP contribution < -0.4 is 5.56 Å².